The second-order valence-electron chi connectivity index (χ2n) is 6.91. The lowest BCUT2D eigenvalue weighted by Gasteiger charge is -2.31. The highest BCUT2D eigenvalue weighted by molar-refractivity contribution is 7.89. The number of piperidine rings is 1. The van der Waals surface area contributed by atoms with Crippen LogP contribution in [0.15, 0.2) is 65.8 Å². The SMILES string of the molecule is O=C(Nc1cc(-c2ccncc2)[nH]n1)[C@H]1CCCN(S(=O)(=O)c2ccccc2)C1. The lowest BCUT2D eigenvalue weighted by atomic mass is 9.99. The minimum absolute atomic E-state index is 0.157. The molecule has 8 nitrogen and oxygen atoms in total. The van der Waals surface area contributed by atoms with Crippen LogP contribution in [0.25, 0.3) is 11.3 Å². The Hall–Kier alpha value is -3.04. The van der Waals surface area contributed by atoms with Crippen LogP contribution >= 0.6 is 0 Å². The van der Waals surface area contributed by atoms with Gasteiger partial charge in [-0.3, -0.25) is 14.9 Å². The normalized spacial score (nSPS) is 17.7. The van der Waals surface area contributed by atoms with E-state index in [1.165, 1.54) is 4.31 Å². The molecule has 0 spiro atoms. The van der Waals surface area contributed by atoms with E-state index in [-0.39, 0.29) is 17.3 Å². The van der Waals surface area contributed by atoms with Crippen molar-refractivity contribution in [3.63, 3.8) is 0 Å². The monoisotopic (exact) mass is 411 g/mol. The number of carbonyl (C=O) groups is 1. The molecule has 1 atom stereocenters. The number of anilines is 1. The fourth-order valence-electron chi connectivity index (χ4n) is 3.41. The molecule has 0 bridgehead atoms. The van der Waals surface area contributed by atoms with Crippen LogP contribution in [0.4, 0.5) is 5.82 Å². The molecule has 1 aliphatic rings. The molecule has 9 heteroatoms. The van der Waals surface area contributed by atoms with Crippen LogP contribution in [0.5, 0.6) is 0 Å². The average Bonchev–Trinajstić information content (AvgIpc) is 3.23. The van der Waals surface area contributed by atoms with Gasteiger partial charge in [-0.05, 0) is 37.1 Å². The number of H-pyrrole nitrogens is 1. The molecular formula is C20H21N5O3S. The number of nitrogens with one attached hydrogen (secondary N) is 2. The summed E-state index contributed by atoms with van der Waals surface area (Å²) in [7, 11) is -3.61. The zero-order chi connectivity index (χ0) is 20.3. The lowest BCUT2D eigenvalue weighted by Crippen LogP contribution is -2.43. The number of rotatable bonds is 5. The average molecular weight is 411 g/mol. The Morgan fingerprint density at radius 2 is 1.90 bits per heavy atom. The van der Waals surface area contributed by atoms with Crippen molar-refractivity contribution in [2.75, 3.05) is 18.4 Å². The summed E-state index contributed by atoms with van der Waals surface area (Å²) < 4.78 is 27.1. The molecule has 3 heterocycles. The Morgan fingerprint density at radius 3 is 2.66 bits per heavy atom. The number of aromatic nitrogens is 3. The van der Waals surface area contributed by atoms with Gasteiger partial charge in [0.15, 0.2) is 5.82 Å². The highest BCUT2D eigenvalue weighted by Gasteiger charge is 2.33. The number of sulfonamides is 1. The molecule has 2 aromatic heterocycles. The Morgan fingerprint density at radius 1 is 1.14 bits per heavy atom. The number of nitrogens with zero attached hydrogens (tertiary/aromatic N) is 3. The topological polar surface area (TPSA) is 108 Å². The van der Waals surface area contributed by atoms with E-state index in [0.717, 1.165) is 11.3 Å². The van der Waals surface area contributed by atoms with Crippen LogP contribution in [0.1, 0.15) is 12.8 Å². The largest absolute Gasteiger partial charge is 0.309 e. The molecule has 1 saturated heterocycles. The summed E-state index contributed by atoms with van der Waals surface area (Å²) >= 11 is 0. The number of benzene rings is 1. The van der Waals surface area contributed by atoms with Crippen molar-refractivity contribution in [2.45, 2.75) is 17.7 Å². The standard InChI is InChI=1S/C20H21N5O3S/c26-20(22-19-13-18(23-24-19)15-8-10-21-11-9-15)16-5-4-12-25(14-16)29(27,28)17-6-2-1-3-7-17/h1-3,6-11,13,16H,4-5,12,14H2,(H2,22,23,24,26)/t16-/m0/s1. The fourth-order valence-corrected chi connectivity index (χ4v) is 4.95. The summed E-state index contributed by atoms with van der Waals surface area (Å²) in [5.41, 5.74) is 1.67. The summed E-state index contributed by atoms with van der Waals surface area (Å²) in [5, 5.41) is 9.81. The molecule has 1 fully saturated rings. The molecule has 0 aliphatic carbocycles. The zero-order valence-electron chi connectivity index (χ0n) is 15.7. The Bertz CT molecular complexity index is 1080. The van der Waals surface area contributed by atoms with Gasteiger partial charge in [0, 0.05) is 37.1 Å². The van der Waals surface area contributed by atoms with Crippen LogP contribution < -0.4 is 5.32 Å². The van der Waals surface area contributed by atoms with E-state index in [2.05, 4.69) is 20.5 Å². The third-order valence-corrected chi connectivity index (χ3v) is 6.84. The van der Waals surface area contributed by atoms with Gasteiger partial charge in [0.1, 0.15) is 0 Å². The van der Waals surface area contributed by atoms with Crippen LogP contribution in [-0.4, -0.2) is 46.9 Å². The first-order valence-corrected chi connectivity index (χ1v) is 10.8. The molecule has 1 amide bonds. The van der Waals surface area contributed by atoms with Gasteiger partial charge in [0.05, 0.1) is 16.5 Å². The number of carbonyl (C=O) groups excluding carboxylic acids is 1. The van der Waals surface area contributed by atoms with Crippen LogP contribution in [0.3, 0.4) is 0 Å². The second-order valence-corrected chi connectivity index (χ2v) is 8.85. The highest BCUT2D eigenvalue weighted by atomic mass is 32.2. The van der Waals surface area contributed by atoms with Crippen molar-refractivity contribution in [2.24, 2.45) is 5.92 Å². The molecule has 0 radical (unpaired) electrons. The third-order valence-electron chi connectivity index (χ3n) is 4.96. The Balaban J connectivity index is 1.44. The number of hydrogen-bond donors (Lipinski definition) is 2. The molecule has 29 heavy (non-hydrogen) atoms. The van der Waals surface area contributed by atoms with E-state index in [0.29, 0.717) is 25.2 Å². The Kier molecular flexibility index (Phi) is 5.41. The van der Waals surface area contributed by atoms with Gasteiger partial charge < -0.3 is 5.32 Å². The first-order chi connectivity index (χ1) is 14.0. The van der Waals surface area contributed by atoms with Gasteiger partial charge in [-0.25, -0.2) is 8.42 Å². The predicted molar refractivity (Wildman–Crippen MR) is 108 cm³/mol. The fraction of sp³-hybridized carbons (Fsp3) is 0.250. The molecule has 4 rings (SSSR count). The molecule has 1 aliphatic heterocycles. The van der Waals surface area contributed by atoms with E-state index < -0.39 is 15.9 Å². The van der Waals surface area contributed by atoms with Crippen molar-refractivity contribution in [3.8, 4) is 11.3 Å². The molecule has 0 unspecified atom stereocenters. The maximum Gasteiger partial charge on any atom is 0.243 e. The smallest absolute Gasteiger partial charge is 0.243 e. The van der Waals surface area contributed by atoms with E-state index in [9.17, 15) is 13.2 Å². The third kappa shape index (κ3) is 4.20. The summed E-state index contributed by atoms with van der Waals surface area (Å²) in [6.07, 6.45) is 4.62. The lowest BCUT2D eigenvalue weighted by molar-refractivity contribution is -0.120. The van der Waals surface area contributed by atoms with Crippen molar-refractivity contribution < 1.29 is 13.2 Å². The summed E-state index contributed by atoms with van der Waals surface area (Å²) in [6.45, 7) is 0.570. The minimum Gasteiger partial charge on any atom is -0.309 e. The van der Waals surface area contributed by atoms with E-state index >= 15 is 0 Å². The van der Waals surface area contributed by atoms with Gasteiger partial charge in [0.2, 0.25) is 15.9 Å². The van der Waals surface area contributed by atoms with Gasteiger partial charge in [-0.1, -0.05) is 18.2 Å². The molecule has 1 aromatic carbocycles. The number of aromatic amines is 1. The number of pyridine rings is 1. The number of hydrogen-bond acceptors (Lipinski definition) is 5. The van der Waals surface area contributed by atoms with E-state index in [1.54, 1.807) is 48.8 Å². The summed E-state index contributed by atoms with van der Waals surface area (Å²) in [5.74, 6) is -0.251. The van der Waals surface area contributed by atoms with Crippen LogP contribution in [0.2, 0.25) is 0 Å². The van der Waals surface area contributed by atoms with Gasteiger partial charge in [-0.15, -0.1) is 0 Å². The minimum atomic E-state index is -3.61. The molecule has 3 aromatic rings. The van der Waals surface area contributed by atoms with E-state index in [1.807, 2.05) is 12.1 Å². The second kappa shape index (κ2) is 8.14. The van der Waals surface area contributed by atoms with Crippen molar-refractivity contribution in [1.29, 1.82) is 0 Å². The zero-order valence-corrected chi connectivity index (χ0v) is 16.5. The van der Waals surface area contributed by atoms with Crippen LogP contribution in [0, 0.1) is 5.92 Å². The Labute approximate surface area is 169 Å². The molecular weight excluding hydrogens is 390 g/mol. The number of amides is 1. The summed E-state index contributed by atoms with van der Waals surface area (Å²) in [6, 6.07) is 13.7. The maximum absolute atomic E-state index is 12.8. The molecule has 0 saturated carbocycles. The summed E-state index contributed by atoms with van der Waals surface area (Å²) in [4.78, 5) is 16.9. The van der Waals surface area contributed by atoms with Gasteiger partial charge >= 0.3 is 0 Å². The molecule has 2 N–H and O–H groups in total. The first-order valence-electron chi connectivity index (χ1n) is 9.36. The van der Waals surface area contributed by atoms with Crippen LogP contribution in [-0.2, 0) is 14.8 Å². The van der Waals surface area contributed by atoms with Gasteiger partial charge in [0.25, 0.3) is 0 Å². The highest BCUT2D eigenvalue weighted by Crippen LogP contribution is 2.25. The van der Waals surface area contributed by atoms with Crippen molar-refractivity contribution in [1.82, 2.24) is 19.5 Å². The van der Waals surface area contributed by atoms with Gasteiger partial charge in [-0.2, -0.15) is 9.40 Å². The quantitative estimate of drug-likeness (QED) is 0.671. The first kappa shape index (κ1) is 19.3. The maximum atomic E-state index is 12.8. The van der Waals surface area contributed by atoms with E-state index in [4.69, 9.17) is 0 Å². The predicted octanol–water partition coefficient (Wildman–Crippen LogP) is 2.51. The van der Waals surface area contributed by atoms with Crippen molar-refractivity contribution in [3.05, 3.63) is 60.9 Å². The van der Waals surface area contributed by atoms with Crippen molar-refractivity contribution >= 4 is 21.7 Å². The molecule has 150 valence electrons.